The molecule has 2 heteroatoms. The lowest BCUT2D eigenvalue weighted by Crippen LogP contribution is -2.23. The van der Waals surface area contributed by atoms with Gasteiger partial charge >= 0.3 is 0 Å². The van der Waals surface area contributed by atoms with Crippen molar-refractivity contribution in [2.75, 3.05) is 6.54 Å². The van der Waals surface area contributed by atoms with E-state index >= 15 is 0 Å². The van der Waals surface area contributed by atoms with Crippen molar-refractivity contribution in [2.45, 2.75) is 27.2 Å². The van der Waals surface area contributed by atoms with Crippen molar-refractivity contribution in [1.29, 1.82) is 0 Å². The number of nitrogens with one attached hydrogen (secondary N) is 1. The summed E-state index contributed by atoms with van der Waals surface area (Å²) in [4.78, 5) is 10.8. The molecule has 12 heavy (non-hydrogen) atoms. The lowest BCUT2D eigenvalue weighted by Gasteiger charge is -2.01. The van der Waals surface area contributed by atoms with Gasteiger partial charge < -0.3 is 5.32 Å². The van der Waals surface area contributed by atoms with Gasteiger partial charge in [0.25, 0.3) is 0 Å². The van der Waals surface area contributed by atoms with Gasteiger partial charge in [0.05, 0.1) is 0 Å². The van der Waals surface area contributed by atoms with Gasteiger partial charge in [-0.2, -0.15) is 0 Å². The minimum absolute atomic E-state index is 0.100. The molecule has 0 fully saturated rings. The smallest absolute Gasteiger partial charge is 0.219 e. The molecular weight excluding hydrogens is 150 g/mol. The molecule has 0 atom stereocenters. The molecule has 0 aliphatic rings. The summed E-state index contributed by atoms with van der Waals surface area (Å²) < 4.78 is 0. The summed E-state index contributed by atoms with van der Waals surface area (Å²) in [7, 11) is 0. The highest BCUT2D eigenvalue weighted by Crippen LogP contribution is 1.90. The Hall–Kier alpha value is -1.05. The molecule has 0 aromatic heterocycles. The molecule has 0 saturated heterocycles. The van der Waals surface area contributed by atoms with Crippen LogP contribution in [-0.4, -0.2) is 12.5 Å². The Morgan fingerprint density at radius 3 is 2.67 bits per heavy atom. The van der Waals surface area contributed by atoms with Crippen molar-refractivity contribution >= 4 is 5.91 Å². The monoisotopic (exact) mass is 167 g/mol. The summed E-state index contributed by atoms with van der Waals surface area (Å²) in [5.41, 5.74) is 1.16. The number of carbonyl (C=O) groups is 1. The number of rotatable bonds is 4. The second kappa shape index (κ2) is 6.65. The molecule has 0 heterocycles. The van der Waals surface area contributed by atoms with Crippen LogP contribution in [0.4, 0.5) is 0 Å². The molecule has 1 amide bonds. The molecule has 0 radical (unpaired) electrons. The lowest BCUT2D eigenvalue weighted by atomic mass is 10.2. The molecule has 68 valence electrons. The first-order valence-corrected chi connectivity index (χ1v) is 4.25. The molecule has 0 aliphatic heterocycles. The van der Waals surface area contributed by atoms with Crippen LogP contribution in [0, 0.1) is 0 Å². The summed E-state index contributed by atoms with van der Waals surface area (Å²) in [6.45, 7) is 6.46. The SMILES string of the molecule is C/C=C\C=C(/C)CNC(=O)CC. The predicted molar refractivity (Wildman–Crippen MR) is 51.9 cm³/mol. The van der Waals surface area contributed by atoms with E-state index in [0.29, 0.717) is 13.0 Å². The molecule has 0 aromatic carbocycles. The molecule has 0 spiro atoms. The molecule has 0 unspecified atom stereocenters. The fourth-order valence-electron chi connectivity index (χ4n) is 0.682. The van der Waals surface area contributed by atoms with Gasteiger partial charge in [-0.25, -0.2) is 0 Å². The third-order valence-electron chi connectivity index (χ3n) is 1.46. The van der Waals surface area contributed by atoms with Crippen molar-refractivity contribution in [3.8, 4) is 0 Å². The number of carbonyl (C=O) groups excluding carboxylic acids is 1. The van der Waals surface area contributed by atoms with Gasteiger partial charge in [-0.3, -0.25) is 4.79 Å². The minimum atomic E-state index is 0.100. The Labute approximate surface area is 74.4 Å². The highest BCUT2D eigenvalue weighted by molar-refractivity contribution is 5.75. The van der Waals surface area contributed by atoms with Gasteiger partial charge in [0.2, 0.25) is 5.91 Å². The zero-order valence-electron chi connectivity index (χ0n) is 8.05. The van der Waals surface area contributed by atoms with E-state index in [0.717, 1.165) is 5.57 Å². The van der Waals surface area contributed by atoms with Crippen molar-refractivity contribution < 1.29 is 4.79 Å². The first-order chi connectivity index (χ1) is 5.70. The molecule has 0 rings (SSSR count). The van der Waals surface area contributed by atoms with Crippen LogP contribution in [0.15, 0.2) is 23.8 Å². The van der Waals surface area contributed by atoms with Gasteiger partial charge in [0, 0.05) is 13.0 Å². The van der Waals surface area contributed by atoms with Gasteiger partial charge in [-0.15, -0.1) is 0 Å². The van der Waals surface area contributed by atoms with Crippen LogP contribution in [0.5, 0.6) is 0 Å². The van der Waals surface area contributed by atoms with Crippen LogP contribution >= 0.6 is 0 Å². The topological polar surface area (TPSA) is 29.1 Å². The maximum atomic E-state index is 10.8. The molecule has 0 aromatic rings. The number of hydrogen-bond donors (Lipinski definition) is 1. The van der Waals surface area contributed by atoms with E-state index < -0.39 is 0 Å². The van der Waals surface area contributed by atoms with E-state index in [-0.39, 0.29) is 5.91 Å². The van der Waals surface area contributed by atoms with Crippen LogP contribution in [0.25, 0.3) is 0 Å². The maximum Gasteiger partial charge on any atom is 0.219 e. The second-order valence-electron chi connectivity index (χ2n) is 2.67. The molecule has 2 nitrogen and oxygen atoms in total. The summed E-state index contributed by atoms with van der Waals surface area (Å²) >= 11 is 0. The van der Waals surface area contributed by atoms with Crippen LogP contribution < -0.4 is 5.32 Å². The Bertz CT molecular complexity index is 192. The van der Waals surface area contributed by atoms with E-state index in [1.165, 1.54) is 0 Å². The molecular formula is C10H17NO. The maximum absolute atomic E-state index is 10.8. The van der Waals surface area contributed by atoms with Crippen molar-refractivity contribution in [1.82, 2.24) is 5.32 Å². The van der Waals surface area contributed by atoms with Crippen LogP contribution in [-0.2, 0) is 4.79 Å². The lowest BCUT2D eigenvalue weighted by molar-refractivity contribution is -0.120. The molecule has 1 N–H and O–H groups in total. The Morgan fingerprint density at radius 2 is 2.17 bits per heavy atom. The highest BCUT2D eigenvalue weighted by atomic mass is 16.1. The first kappa shape index (κ1) is 11.0. The second-order valence-corrected chi connectivity index (χ2v) is 2.67. The van der Waals surface area contributed by atoms with Crippen molar-refractivity contribution in [2.24, 2.45) is 0 Å². The zero-order valence-corrected chi connectivity index (χ0v) is 8.05. The van der Waals surface area contributed by atoms with Gasteiger partial charge in [0.15, 0.2) is 0 Å². The average molecular weight is 167 g/mol. The van der Waals surface area contributed by atoms with E-state index in [1.807, 2.05) is 39.0 Å². The Morgan fingerprint density at radius 1 is 1.50 bits per heavy atom. The number of amides is 1. The summed E-state index contributed by atoms with van der Waals surface area (Å²) in [5.74, 6) is 0.100. The molecule has 0 saturated carbocycles. The number of allylic oxidation sites excluding steroid dienone is 3. The van der Waals surface area contributed by atoms with E-state index in [4.69, 9.17) is 0 Å². The Balaban J connectivity index is 3.70. The van der Waals surface area contributed by atoms with Crippen LogP contribution in [0.1, 0.15) is 27.2 Å². The average Bonchev–Trinajstić information content (AvgIpc) is 2.10. The van der Waals surface area contributed by atoms with Crippen molar-refractivity contribution in [3.05, 3.63) is 23.8 Å². The van der Waals surface area contributed by atoms with Gasteiger partial charge in [-0.1, -0.05) is 30.7 Å². The largest absolute Gasteiger partial charge is 0.352 e. The van der Waals surface area contributed by atoms with E-state index in [1.54, 1.807) is 0 Å². The third kappa shape index (κ3) is 5.71. The third-order valence-corrected chi connectivity index (χ3v) is 1.46. The van der Waals surface area contributed by atoms with Crippen LogP contribution in [0.3, 0.4) is 0 Å². The highest BCUT2D eigenvalue weighted by Gasteiger charge is 1.94. The zero-order chi connectivity index (χ0) is 9.40. The van der Waals surface area contributed by atoms with Gasteiger partial charge in [0.1, 0.15) is 0 Å². The summed E-state index contributed by atoms with van der Waals surface area (Å²) in [6, 6.07) is 0. The van der Waals surface area contributed by atoms with E-state index in [9.17, 15) is 4.79 Å². The fourth-order valence-corrected chi connectivity index (χ4v) is 0.682. The standard InChI is InChI=1S/C10H17NO/c1-4-6-7-9(3)8-11-10(12)5-2/h4,6-7H,5,8H2,1-3H3,(H,11,12)/b6-4-,9-7+. The quantitative estimate of drug-likeness (QED) is 0.638. The number of hydrogen-bond acceptors (Lipinski definition) is 1. The predicted octanol–water partition coefficient (Wildman–Crippen LogP) is 2.04. The summed E-state index contributed by atoms with van der Waals surface area (Å²) in [5, 5.41) is 2.80. The minimum Gasteiger partial charge on any atom is -0.352 e. The molecule has 0 bridgehead atoms. The van der Waals surface area contributed by atoms with E-state index in [2.05, 4.69) is 5.32 Å². The fraction of sp³-hybridized carbons (Fsp3) is 0.500. The molecule has 0 aliphatic carbocycles. The van der Waals surface area contributed by atoms with Crippen LogP contribution in [0.2, 0.25) is 0 Å². The Kier molecular flexibility index (Phi) is 6.07. The van der Waals surface area contributed by atoms with Crippen molar-refractivity contribution in [3.63, 3.8) is 0 Å². The van der Waals surface area contributed by atoms with Gasteiger partial charge in [-0.05, 0) is 13.8 Å². The first-order valence-electron chi connectivity index (χ1n) is 4.25. The summed E-state index contributed by atoms with van der Waals surface area (Å²) in [6.07, 6.45) is 6.48. The normalized spacial score (nSPS) is 12.1.